The summed E-state index contributed by atoms with van der Waals surface area (Å²) in [6.07, 6.45) is 12.0. The lowest BCUT2D eigenvalue weighted by Gasteiger charge is -2.40. The minimum Gasteiger partial charge on any atom is -0.361 e. The summed E-state index contributed by atoms with van der Waals surface area (Å²) >= 11 is 0. The average Bonchev–Trinajstić information content (AvgIpc) is 1.64. The van der Waals surface area contributed by atoms with Gasteiger partial charge in [0, 0.05) is 148 Å². The Morgan fingerprint density at radius 1 is 0.489 bits per heavy atom. The molecule has 5 aliphatic heterocycles. The number of carbonyl (C=O) groups is 5. The predicted molar refractivity (Wildman–Crippen MR) is 512 cm³/mol. The number of imidazole rings is 2. The van der Waals surface area contributed by atoms with Crippen molar-refractivity contribution in [1.29, 1.82) is 0 Å². The number of carbonyl (C=O) groups excluding carboxylic acids is 5. The summed E-state index contributed by atoms with van der Waals surface area (Å²) in [6.45, 7) is 38.4. The van der Waals surface area contributed by atoms with Gasteiger partial charge in [0.1, 0.15) is 34.7 Å². The van der Waals surface area contributed by atoms with Crippen molar-refractivity contribution in [2.45, 2.75) is 263 Å². The van der Waals surface area contributed by atoms with Crippen LogP contribution in [0.5, 0.6) is 0 Å². The van der Waals surface area contributed by atoms with Crippen molar-refractivity contribution >= 4 is 79.9 Å². The number of piperidine rings is 3. The number of aryl methyl sites for hydroxylation is 8. The van der Waals surface area contributed by atoms with Crippen LogP contribution in [0.3, 0.4) is 0 Å². The van der Waals surface area contributed by atoms with Gasteiger partial charge >= 0.3 is 0 Å². The van der Waals surface area contributed by atoms with Gasteiger partial charge in [0.05, 0.1) is 63.5 Å². The second-order valence-electron chi connectivity index (χ2n) is 34.0. The molecule has 0 bridgehead atoms. The molecule has 12 aromatic rings. The second-order valence-corrected chi connectivity index (χ2v) is 34.0. The first-order valence-electron chi connectivity index (χ1n) is 46.8. The number of aromatic nitrogens is 7. The standard InChI is InChI=1S/C29H27F2N3O2.C27H29F2N3O2.C26H31F2N5O.2C6H9NO.C5H7NO.3C2H6/c1-19(35)17-21-11-9-20(10-12-21)15-16-33-26-6-3-2-5-25(26)32-29(33)27-7-4-8-28(36)34(27)22-13-14-23(30)24(31)18-22;1-16(33)30-18-11-9-17(10-12-18)26-20-5-2-3-6-23(20)31-27(26)24-7-4-8-25(34)32(24)19-13-14-21(28)22(29)15-19;1-18(31-14-12-30(2)13-15-31)17-32-23-7-4-3-6-22(23)29-26(32)24-8-5-9-25(34)33(24)19-10-11-20(27)21(28)16-19;2*1-4-5(2)7-8-6(4)3;1-4-3-6-7-5(4)2;3*1-2/h2-3,5-6,9-14,18,27H,4,7-8,15-17H2,1H3;2-3,5-6,13-15,17-18,24,26H,4,7-12H2,1H3,(H,30,33);3-4,6-7,10-11,16,18,24H,5,8-9,12-15,17H2,1-2H3;2*1-3H3;3H,1-2H3;3*1-2H3/t;;18-,24?;;;;;;/m..0....../s1. The summed E-state index contributed by atoms with van der Waals surface area (Å²) in [6, 6.07) is 42.4. The highest BCUT2D eigenvalue weighted by molar-refractivity contribution is 6.09. The molecule has 0 spiro atoms. The summed E-state index contributed by atoms with van der Waals surface area (Å²) in [7, 11) is 2.15. The van der Waals surface area contributed by atoms with Crippen molar-refractivity contribution in [2.24, 2.45) is 10.9 Å². The maximum atomic E-state index is 14.1. The van der Waals surface area contributed by atoms with Gasteiger partial charge < -0.3 is 47.6 Å². The number of Topliss-reactive ketones (excluding diaryl/α,β-unsaturated/α-hetero) is 1. The van der Waals surface area contributed by atoms with Crippen molar-refractivity contribution in [3.63, 3.8) is 0 Å². The molecule has 1 saturated carbocycles. The Kier molecular flexibility index (Phi) is 37.9. The lowest BCUT2D eigenvalue weighted by Crippen LogP contribution is -2.50. The van der Waals surface area contributed by atoms with Crippen LogP contribution in [-0.2, 0) is 49.9 Å². The Balaban J connectivity index is 0.000000179. The number of hydrogen-bond donors (Lipinski definition) is 1. The average molecular weight is 1830 g/mol. The van der Waals surface area contributed by atoms with Crippen LogP contribution in [0.4, 0.5) is 49.1 Å². The number of halogens is 6. The van der Waals surface area contributed by atoms with Gasteiger partial charge in [0.15, 0.2) is 34.9 Å². The van der Waals surface area contributed by atoms with Crippen LogP contribution in [0.15, 0.2) is 176 Å². The lowest BCUT2D eigenvalue weighted by atomic mass is 9.72. The molecule has 133 heavy (non-hydrogen) atoms. The molecule has 7 aromatic carbocycles. The number of aliphatic imine (C=N–C) groups is 1. The van der Waals surface area contributed by atoms with Crippen LogP contribution in [-0.4, -0.2) is 131 Å². The molecule has 5 atom stereocenters. The molecule has 0 radical (unpaired) electrons. The first-order chi connectivity index (χ1) is 64.0. The van der Waals surface area contributed by atoms with Gasteiger partial charge in [0.2, 0.25) is 23.6 Å². The number of amides is 4. The van der Waals surface area contributed by atoms with Gasteiger partial charge in [-0.3, -0.25) is 33.9 Å². The molecule has 4 unspecified atom stereocenters. The first-order valence-corrected chi connectivity index (χ1v) is 46.8. The number of likely N-dealkylation sites (N-methyl/N-ethyl adjacent to an activating group) is 1. The SMILES string of the molecule is CC.CC.CC.CC(=O)Cc1ccc(CCn2c(C3CCCC(=O)N3c3ccc(F)c(F)c3)nc3ccccc32)cc1.CC(=O)NC1CCC(C2C(C3CCCC(=O)N3c3ccc(F)c(F)c3)=Nc3ccccc32)CC1.C[C@@H](Cn1c(C2CCCC(=O)N2c2ccc(F)c(F)c2)nc2ccccc21)N1CCN(C)CC1.Cc1cnoc1C.Cc1noc(C)c1C.Cc1noc(C)c1C. The molecule has 710 valence electrons. The molecule has 4 saturated heterocycles. The number of piperazine rings is 1. The minimum atomic E-state index is -0.980. The van der Waals surface area contributed by atoms with Gasteiger partial charge in [-0.15, -0.1) is 0 Å². The van der Waals surface area contributed by atoms with Crippen molar-refractivity contribution in [3.8, 4) is 0 Å². The molecule has 28 heteroatoms. The lowest BCUT2D eigenvalue weighted by molar-refractivity contribution is -0.121. The van der Waals surface area contributed by atoms with E-state index in [0.29, 0.717) is 74.1 Å². The summed E-state index contributed by atoms with van der Waals surface area (Å²) in [5.74, 6) is -1.16. The normalized spacial score (nSPS) is 18.5. The molecule has 22 nitrogen and oxygen atoms in total. The third-order valence-electron chi connectivity index (χ3n) is 25.2. The summed E-state index contributed by atoms with van der Waals surface area (Å²) in [4.78, 5) is 86.6. The van der Waals surface area contributed by atoms with E-state index in [4.69, 9.17) is 28.5 Å². The highest BCUT2D eigenvalue weighted by atomic mass is 19.2. The third-order valence-corrected chi connectivity index (χ3v) is 25.2. The predicted octanol–water partition coefficient (Wildman–Crippen LogP) is 23.1. The Bertz CT molecular complexity index is 5800. The summed E-state index contributed by atoms with van der Waals surface area (Å²) in [5.41, 5.74) is 15.3. The number of nitrogens with zero attached hydrogens (tertiary/aromatic N) is 13. The molecule has 10 heterocycles. The molecular weight excluding hydrogens is 1700 g/mol. The van der Waals surface area contributed by atoms with Crippen LogP contribution in [0.25, 0.3) is 22.1 Å². The van der Waals surface area contributed by atoms with Crippen LogP contribution < -0.4 is 20.0 Å². The number of fused-ring (bicyclic) bond motifs is 3. The largest absolute Gasteiger partial charge is 0.361 e. The molecule has 5 fully saturated rings. The zero-order chi connectivity index (χ0) is 96.4. The van der Waals surface area contributed by atoms with E-state index in [1.54, 1.807) is 34.7 Å². The number of hydrogen-bond acceptors (Lipinski definition) is 16. The van der Waals surface area contributed by atoms with E-state index in [0.717, 1.165) is 229 Å². The maximum absolute atomic E-state index is 14.1. The zero-order valence-corrected chi connectivity index (χ0v) is 80.2. The molecule has 6 aliphatic rings. The van der Waals surface area contributed by atoms with E-state index in [-0.39, 0.29) is 59.5 Å². The summed E-state index contributed by atoms with van der Waals surface area (Å²) in [5, 5.41) is 14.1. The molecular formula is C105H130F6N14O8. The van der Waals surface area contributed by atoms with Gasteiger partial charge in [-0.2, -0.15) is 0 Å². The Hall–Kier alpha value is -12.2. The van der Waals surface area contributed by atoms with Gasteiger partial charge in [-0.25, -0.2) is 36.3 Å². The van der Waals surface area contributed by atoms with Gasteiger partial charge in [-0.05, 0) is 236 Å². The smallest absolute Gasteiger partial charge is 0.227 e. The molecule has 18 rings (SSSR count). The first kappa shape index (κ1) is 103. The van der Waals surface area contributed by atoms with E-state index < -0.39 is 34.9 Å². The number of rotatable bonds is 16. The molecule has 1 aliphatic carbocycles. The number of benzene rings is 7. The fourth-order valence-electron chi connectivity index (χ4n) is 17.7. The number of para-hydroxylation sites is 5. The third kappa shape index (κ3) is 26.0. The molecule has 1 N–H and O–H groups in total. The quantitative estimate of drug-likeness (QED) is 0.0885. The number of ketones is 1. The fourth-order valence-corrected chi connectivity index (χ4v) is 17.7. The summed E-state index contributed by atoms with van der Waals surface area (Å²) < 4.78 is 102. The van der Waals surface area contributed by atoms with Crippen LogP contribution >= 0.6 is 0 Å². The van der Waals surface area contributed by atoms with E-state index in [9.17, 15) is 50.3 Å². The van der Waals surface area contributed by atoms with E-state index in [1.165, 1.54) is 23.8 Å². The maximum Gasteiger partial charge on any atom is 0.227 e. The minimum absolute atomic E-state index is 0.000182. The van der Waals surface area contributed by atoms with Crippen LogP contribution in [0.1, 0.15) is 237 Å². The number of nitrogens with one attached hydrogen (secondary N) is 1. The Morgan fingerprint density at radius 2 is 0.925 bits per heavy atom. The van der Waals surface area contributed by atoms with E-state index in [2.05, 4.69) is 65.8 Å². The zero-order valence-electron chi connectivity index (χ0n) is 80.2. The van der Waals surface area contributed by atoms with Gasteiger partial charge in [0.25, 0.3) is 0 Å². The highest BCUT2D eigenvalue weighted by Gasteiger charge is 2.45. The van der Waals surface area contributed by atoms with Crippen molar-refractivity contribution in [2.75, 3.05) is 47.9 Å². The van der Waals surface area contributed by atoms with Crippen molar-refractivity contribution in [1.82, 2.24) is 49.7 Å². The monoisotopic (exact) mass is 1830 g/mol. The van der Waals surface area contributed by atoms with Crippen LogP contribution in [0, 0.1) is 96.2 Å². The van der Waals surface area contributed by atoms with E-state index in [1.807, 2.05) is 182 Å². The topological polar surface area (TPSA) is 240 Å². The highest BCUT2D eigenvalue weighted by Crippen LogP contribution is 2.48. The van der Waals surface area contributed by atoms with Crippen molar-refractivity contribution < 1.29 is 63.9 Å². The Labute approximate surface area is 778 Å². The molecule has 4 amide bonds. The van der Waals surface area contributed by atoms with Gasteiger partial charge in [-0.1, -0.05) is 124 Å². The second kappa shape index (κ2) is 49.0. The van der Waals surface area contributed by atoms with E-state index >= 15 is 0 Å². The van der Waals surface area contributed by atoms with Crippen molar-refractivity contribution in [3.05, 3.63) is 266 Å². The number of anilines is 3. The Morgan fingerprint density at radius 3 is 1.34 bits per heavy atom. The fraction of sp³-hybridized carbons (Fsp3) is 0.438. The van der Waals surface area contributed by atoms with Crippen LogP contribution in [0.2, 0.25) is 0 Å². The molecule has 5 aromatic heterocycles.